The van der Waals surface area contributed by atoms with Gasteiger partial charge in [0, 0.05) is 23.5 Å². The third-order valence-electron chi connectivity index (χ3n) is 3.77. The SMILES string of the molecule is COc1cccc(NC(=O)c2ccc(-c3ccccc3C)nc2)c1. The van der Waals surface area contributed by atoms with Crippen LogP contribution in [-0.2, 0) is 0 Å². The highest BCUT2D eigenvalue weighted by Crippen LogP contribution is 2.21. The van der Waals surface area contributed by atoms with E-state index in [1.165, 1.54) is 0 Å². The van der Waals surface area contributed by atoms with Crippen LogP contribution in [0.5, 0.6) is 5.75 Å². The van der Waals surface area contributed by atoms with Crippen molar-refractivity contribution in [3.05, 3.63) is 78.0 Å². The number of aromatic nitrogens is 1. The van der Waals surface area contributed by atoms with Crippen LogP contribution in [0.15, 0.2) is 66.9 Å². The van der Waals surface area contributed by atoms with Gasteiger partial charge in [0.2, 0.25) is 0 Å². The van der Waals surface area contributed by atoms with E-state index < -0.39 is 0 Å². The fourth-order valence-electron chi connectivity index (χ4n) is 2.45. The second-order valence-electron chi connectivity index (χ2n) is 5.43. The number of pyridine rings is 1. The zero-order chi connectivity index (χ0) is 16.9. The molecule has 0 bridgehead atoms. The highest BCUT2D eigenvalue weighted by atomic mass is 16.5. The van der Waals surface area contributed by atoms with E-state index in [9.17, 15) is 4.79 Å². The molecule has 3 rings (SSSR count). The molecule has 120 valence electrons. The predicted molar refractivity (Wildman–Crippen MR) is 95.4 cm³/mol. The largest absolute Gasteiger partial charge is 0.497 e. The maximum atomic E-state index is 12.3. The van der Waals surface area contributed by atoms with Gasteiger partial charge in [0.1, 0.15) is 5.75 Å². The number of rotatable bonds is 4. The summed E-state index contributed by atoms with van der Waals surface area (Å²) in [5.41, 5.74) is 4.26. The number of amides is 1. The minimum absolute atomic E-state index is 0.202. The lowest BCUT2D eigenvalue weighted by Crippen LogP contribution is -2.12. The van der Waals surface area contributed by atoms with Gasteiger partial charge in [-0.05, 0) is 36.8 Å². The predicted octanol–water partition coefficient (Wildman–Crippen LogP) is 4.32. The van der Waals surface area contributed by atoms with E-state index in [1.807, 2.05) is 55.5 Å². The van der Waals surface area contributed by atoms with Crippen LogP contribution in [0.4, 0.5) is 5.69 Å². The van der Waals surface area contributed by atoms with Gasteiger partial charge in [-0.25, -0.2) is 0 Å². The number of nitrogens with one attached hydrogen (secondary N) is 1. The number of methoxy groups -OCH3 is 1. The first-order valence-electron chi connectivity index (χ1n) is 7.65. The first kappa shape index (κ1) is 15.7. The summed E-state index contributed by atoms with van der Waals surface area (Å²) in [6.45, 7) is 2.04. The third kappa shape index (κ3) is 3.43. The van der Waals surface area contributed by atoms with Crippen LogP contribution in [0.3, 0.4) is 0 Å². The number of carbonyl (C=O) groups is 1. The van der Waals surface area contributed by atoms with Gasteiger partial charge < -0.3 is 10.1 Å². The van der Waals surface area contributed by atoms with Crippen molar-refractivity contribution in [3.8, 4) is 17.0 Å². The second kappa shape index (κ2) is 6.96. The molecule has 4 heteroatoms. The first-order chi connectivity index (χ1) is 11.7. The average Bonchev–Trinajstić information content (AvgIpc) is 2.62. The Hall–Kier alpha value is -3.14. The number of hydrogen-bond donors (Lipinski definition) is 1. The van der Waals surface area contributed by atoms with Crippen LogP contribution in [-0.4, -0.2) is 18.0 Å². The summed E-state index contributed by atoms with van der Waals surface area (Å²) in [5, 5.41) is 2.84. The fraction of sp³-hybridized carbons (Fsp3) is 0.100. The molecular weight excluding hydrogens is 300 g/mol. The molecule has 2 aromatic carbocycles. The van der Waals surface area contributed by atoms with E-state index in [-0.39, 0.29) is 5.91 Å². The van der Waals surface area contributed by atoms with Crippen molar-refractivity contribution in [2.24, 2.45) is 0 Å². The summed E-state index contributed by atoms with van der Waals surface area (Å²) in [6, 6.07) is 18.9. The summed E-state index contributed by atoms with van der Waals surface area (Å²) in [4.78, 5) is 16.8. The third-order valence-corrected chi connectivity index (χ3v) is 3.77. The van der Waals surface area contributed by atoms with E-state index >= 15 is 0 Å². The molecule has 0 aliphatic carbocycles. The maximum Gasteiger partial charge on any atom is 0.257 e. The quantitative estimate of drug-likeness (QED) is 0.779. The van der Waals surface area contributed by atoms with Gasteiger partial charge >= 0.3 is 0 Å². The lowest BCUT2D eigenvalue weighted by Gasteiger charge is -2.08. The van der Waals surface area contributed by atoms with Crippen molar-refractivity contribution in [2.75, 3.05) is 12.4 Å². The Labute approximate surface area is 141 Å². The van der Waals surface area contributed by atoms with Crippen molar-refractivity contribution >= 4 is 11.6 Å². The molecule has 1 heterocycles. The Morgan fingerprint density at radius 1 is 1.04 bits per heavy atom. The standard InChI is InChI=1S/C20H18N2O2/c1-14-6-3-4-9-18(14)19-11-10-15(13-21-19)20(23)22-16-7-5-8-17(12-16)24-2/h3-13H,1-2H3,(H,22,23). The molecule has 24 heavy (non-hydrogen) atoms. The lowest BCUT2D eigenvalue weighted by atomic mass is 10.0. The van der Waals surface area contributed by atoms with Crippen molar-refractivity contribution in [1.29, 1.82) is 0 Å². The summed E-state index contributed by atoms with van der Waals surface area (Å²) in [6.07, 6.45) is 1.59. The van der Waals surface area contributed by atoms with Crippen LogP contribution in [0.1, 0.15) is 15.9 Å². The Morgan fingerprint density at radius 3 is 2.58 bits per heavy atom. The second-order valence-corrected chi connectivity index (χ2v) is 5.43. The number of nitrogens with zero attached hydrogens (tertiary/aromatic N) is 1. The molecule has 0 saturated heterocycles. The van der Waals surface area contributed by atoms with Crippen molar-refractivity contribution in [3.63, 3.8) is 0 Å². The monoisotopic (exact) mass is 318 g/mol. The van der Waals surface area contributed by atoms with Gasteiger partial charge in [-0.2, -0.15) is 0 Å². The molecule has 0 saturated carbocycles. The molecule has 1 aromatic heterocycles. The molecule has 0 atom stereocenters. The van der Waals surface area contributed by atoms with E-state index in [0.29, 0.717) is 17.0 Å². The maximum absolute atomic E-state index is 12.3. The van der Waals surface area contributed by atoms with Crippen LogP contribution < -0.4 is 10.1 Å². The number of carbonyl (C=O) groups excluding carboxylic acids is 1. The molecule has 1 amide bonds. The Bertz CT molecular complexity index is 858. The normalized spacial score (nSPS) is 10.2. The molecule has 0 spiro atoms. The summed E-state index contributed by atoms with van der Waals surface area (Å²) < 4.78 is 5.15. The Morgan fingerprint density at radius 2 is 1.88 bits per heavy atom. The summed E-state index contributed by atoms with van der Waals surface area (Å²) in [5.74, 6) is 0.493. The van der Waals surface area contributed by atoms with Gasteiger partial charge in [-0.1, -0.05) is 30.3 Å². The molecule has 1 N–H and O–H groups in total. The van der Waals surface area contributed by atoms with Crippen LogP contribution >= 0.6 is 0 Å². The zero-order valence-electron chi connectivity index (χ0n) is 13.6. The average molecular weight is 318 g/mol. The molecule has 0 fully saturated rings. The fourth-order valence-corrected chi connectivity index (χ4v) is 2.45. The first-order valence-corrected chi connectivity index (χ1v) is 7.65. The van der Waals surface area contributed by atoms with Crippen molar-refractivity contribution in [1.82, 2.24) is 4.98 Å². The smallest absolute Gasteiger partial charge is 0.257 e. The Kier molecular flexibility index (Phi) is 4.57. The summed E-state index contributed by atoms with van der Waals surface area (Å²) in [7, 11) is 1.59. The number of aryl methyl sites for hydroxylation is 1. The molecule has 0 unspecified atom stereocenters. The number of anilines is 1. The van der Waals surface area contributed by atoms with Crippen molar-refractivity contribution < 1.29 is 9.53 Å². The lowest BCUT2D eigenvalue weighted by molar-refractivity contribution is 0.102. The summed E-state index contributed by atoms with van der Waals surface area (Å²) >= 11 is 0. The van der Waals surface area contributed by atoms with E-state index in [2.05, 4.69) is 10.3 Å². The van der Waals surface area contributed by atoms with E-state index in [4.69, 9.17) is 4.74 Å². The molecule has 0 aliphatic rings. The molecule has 3 aromatic rings. The minimum atomic E-state index is -0.202. The van der Waals surface area contributed by atoms with Gasteiger partial charge in [0.15, 0.2) is 0 Å². The van der Waals surface area contributed by atoms with Crippen LogP contribution in [0, 0.1) is 6.92 Å². The van der Waals surface area contributed by atoms with Crippen LogP contribution in [0.2, 0.25) is 0 Å². The Balaban J connectivity index is 1.78. The molecular formula is C20H18N2O2. The van der Waals surface area contributed by atoms with Gasteiger partial charge in [0.05, 0.1) is 18.4 Å². The van der Waals surface area contributed by atoms with Gasteiger partial charge in [-0.15, -0.1) is 0 Å². The van der Waals surface area contributed by atoms with Gasteiger partial charge in [0.25, 0.3) is 5.91 Å². The topological polar surface area (TPSA) is 51.2 Å². The highest BCUT2D eigenvalue weighted by Gasteiger charge is 2.09. The highest BCUT2D eigenvalue weighted by molar-refractivity contribution is 6.04. The van der Waals surface area contributed by atoms with Gasteiger partial charge in [-0.3, -0.25) is 9.78 Å². The number of ether oxygens (including phenoxy) is 1. The van der Waals surface area contributed by atoms with Crippen molar-refractivity contribution in [2.45, 2.75) is 6.92 Å². The van der Waals surface area contributed by atoms with E-state index in [1.54, 1.807) is 25.4 Å². The number of benzene rings is 2. The molecule has 0 radical (unpaired) electrons. The van der Waals surface area contributed by atoms with E-state index in [0.717, 1.165) is 16.8 Å². The zero-order valence-corrected chi connectivity index (χ0v) is 13.6. The van der Waals surface area contributed by atoms with Crippen LogP contribution in [0.25, 0.3) is 11.3 Å². The minimum Gasteiger partial charge on any atom is -0.497 e. The molecule has 4 nitrogen and oxygen atoms in total. The number of hydrogen-bond acceptors (Lipinski definition) is 3. The molecule has 0 aliphatic heterocycles.